The molecular weight excluding hydrogens is 665 g/mol. The first-order valence-electron chi connectivity index (χ1n) is 17.5. The average molecular weight is 691 g/mol. The molecule has 0 N–H and O–H groups in total. The van der Waals surface area contributed by atoms with Crippen molar-refractivity contribution in [2.24, 2.45) is 0 Å². The van der Waals surface area contributed by atoms with E-state index in [9.17, 15) is 5.26 Å². The molecule has 0 saturated carbocycles. The number of fused-ring (bicyclic) bond motifs is 11. The van der Waals surface area contributed by atoms with Gasteiger partial charge in [-0.15, -0.1) is 11.3 Å². The van der Waals surface area contributed by atoms with Crippen LogP contribution in [0.2, 0.25) is 0 Å². The normalized spacial score (nSPS) is 11.7. The highest BCUT2D eigenvalue weighted by Crippen LogP contribution is 2.44. The van der Waals surface area contributed by atoms with Gasteiger partial charge in [-0.25, -0.2) is 4.85 Å². The minimum atomic E-state index is 0.481. The van der Waals surface area contributed by atoms with Gasteiger partial charge in [-0.05, 0) is 76.5 Å². The van der Waals surface area contributed by atoms with E-state index in [4.69, 9.17) is 6.57 Å². The molecule has 0 aliphatic carbocycles. The van der Waals surface area contributed by atoms with Crippen molar-refractivity contribution in [1.82, 2.24) is 9.13 Å². The van der Waals surface area contributed by atoms with E-state index in [2.05, 4.69) is 154 Å². The van der Waals surface area contributed by atoms with Crippen LogP contribution in [0.15, 0.2) is 158 Å². The zero-order valence-electron chi connectivity index (χ0n) is 28.2. The van der Waals surface area contributed by atoms with Crippen molar-refractivity contribution in [3.8, 4) is 28.6 Å². The molecule has 0 aliphatic rings. The van der Waals surface area contributed by atoms with E-state index in [1.165, 1.54) is 20.2 Å². The molecule has 0 bridgehead atoms. The van der Waals surface area contributed by atoms with Gasteiger partial charge in [0.25, 0.3) is 0 Å². The van der Waals surface area contributed by atoms with Gasteiger partial charge in [-0.1, -0.05) is 103 Å². The van der Waals surface area contributed by atoms with Crippen LogP contribution in [0.1, 0.15) is 5.56 Å². The van der Waals surface area contributed by atoms with E-state index in [0.717, 1.165) is 65.5 Å². The first kappa shape index (κ1) is 29.5. The zero-order valence-corrected chi connectivity index (χ0v) is 29.0. The lowest BCUT2D eigenvalue weighted by atomic mass is 10.0. The maximum atomic E-state index is 10.9. The molecule has 0 fully saturated rings. The molecule has 0 radical (unpaired) electrons. The second-order valence-corrected chi connectivity index (χ2v) is 14.6. The van der Waals surface area contributed by atoms with Crippen LogP contribution in [0.4, 0.5) is 5.69 Å². The highest BCUT2D eigenvalue weighted by atomic mass is 32.1. The fraction of sp³-hybridized carbons (Fsp3) is 0. The minimum Gasteiger partial charge on any atom is -0.319 e. The van der Waals surface area contributed by atoms with Crippen molar-refractivity contribution < 1.29 is 0 Å². The summed E-state index contributed by atoms with van der Waals surface area (Å²) >= 11 is 1.78. The quantitative estimate of drug-likeness (QED) is 0.170. The molecule has 3 heterocycles. The van der Waals surface area contributed by atoms with E-state index >= 15 is 0 Å². The van der Waals surface area contributed by atoms with Gasteiger partial charge in [0.05, 0.1) is 45.6 Å². The summed E-state index contributed by atoms with van der Waals surface area (Å²) in [7, 11) is 0. The number of nitriles is 1. The molecular formula is C48H26N4S. The Balaban J connectivity index is 1.21. The Bertz CT molecular complexity index is 3420. The number of thiophene rings is 1. The summed E-state index contributed by atoms with van der Waals surface area (Å²) in [6.45, 7) is 8.54. The molecule has 0 atom stereocenters. The number of hydrogen-bond donors (Lipinski definition) is 0. The van der Waals surface area contributed by atoms with E-state index in [-0.39, 0.29) is 0 Å². The number of hydrogen-bond acceptors (Lipinski definition) is 2. The Morgan fingerprint density at radius 3 is 2.06 bits per heavy atom. The van der Waals surface area contributed by atoms with Crippen LogP contribution in [-0.4, -0.2) is 9.13 Å². The summed E-state index contributed by atoms with van der Waals surface area (Å²) in [6.07, 6.45) is 0. The second-order valence-electron chi connectivity index (χ2n) is 13.5. The molecule has 0 aliphatic heterocycles. The Hall–Kier alpha value is -7.18. The summed E-state index contributed by atoms with van der Waals surface area (Å²) in [4.78, 5) is 4.16. The van der Waals surface area contributed by atoms with Crippen molar-refractivity contribution in [3.63, 3.8) is 0 Å². The van der Waals surface area contributed by atoms with Gasteiger partial charge in [0.15, 0.2) is 0 Å². The van der Waals surface area contributed by atoms with Gasteiger partial charge in [0.1, 0.15) is 6.07 Å². The Labute approximate surface area is 308 Å². The van der Waals surface area contributed by atoms with Gasteiger partial charge < -0.3 is 9.13 Å². The van der Waals surface area contributed by atoms with Crippen LogP contribution in [0.5, 0.6) is 0 Å². The molecule has 11 rings (SSSR count). The van der Waals surface area contributed by atoms with E-state index < -0.39 is 0 Å². The first-order chi connectivity index (χ1) is 26.2. The van der Waals surface area contributed by atoms with Crippen LogP contribution in [-0.2, 0) is 0 Å². The molecule has 3 aromatic heterocycles. The largest absolute Gasteiger partial charge is 0.319 e. The summed E-state index contributed by atoms with van der Waals surface area (Å²) < 4.78 is 6.79. The Kier molecular flexibility index (Phi) is 6.22. The van der Waals surface area contributed by atoms with Crippen molar-refractivity contribution in [1.29, 1.82) is 5.26 Å². The molecule has 0 saturated heterocycles. The van der Waals surface area contributed by atoms with Gasteiger partial charge in [-0.2, -0.15) is 5.26 Å². The highest BCUT2D eigenvalue weighted by Gasteiger charge is 2.22. The Morgan fingerprint density at radius 2 is 1.21 bits per heavy atom. The number of rotatable bonds is 3. The molecule has 4 nitrogen and oxygen atoms in total. The third-order valence-corrected chi connectivity index (χ3v) is 11.9. The first-order valence-corrected chi connectivity index (χ1v) is 18.3. The molecule has 5 heteroatoms. The standard InChI is InChI=1S/C48H26N4S/c1-50-39-26-43(51-41-21-20-31(29-11-3-2-4-12-29)23-38(41)48-33-14-6-5-13-30(33)19-22-42(48)51)32(28-49)24-45(39)52-40-17-9-7-15-34(40)36-25-37-35-16-8-10-18-46(35)53-47(37)27-44(36)52/h2-27H. The molecule has 244 valence electrons. The number of para-hydroxylation sites is 1. The van der Waals surface area contributed by atoms with Crippen LogP contribution in [0.3, 0.4) is 0 Å². The maximum Gasteiger partial charge on any atom is 0.212 e. The fourth-order valence-corrected chi connectivity index (χ4v) is 9.54. The van der Waals surface area contributed by atoms with Crippen molar-refractivity contribution in [3.05, 3.63) is 175 Å². The van der Waals surface area contributed by atoms with Crippen molar-refractivity contribution >= 4 is 91.6 Å². The molecule has 0 spiro atoms. The van der Waals surface area contributed by atoms with E-state index in [0.29, 0.717) is 22.6 Å². The molecule has 53 heavy (non-hydrogen) atoms. The smallest absolute Gasteiger partial charge is 0.212 e. The van der Waals surface area contributed by atoms with Gasteiger partial charge in [-0.3, -0.25) is 0 Å². The van der Waals surface area contributed by atoms with Crippen LogP contribution >= 0.6 is 11.3 Å². The SMILES string of the molecule is [C-]#[N+]c1cc(-n2c3ccc(-c4ccccc4)cc3c3c4ccccc4ccc32)c(C#N)cc1-n1c2ccccc2c2cc3c(cc21)sc1ccccc13. The summed E-state index contributed by atoms with van der Waals surface area (Å²) in [5.74, 6) is 0. The fourth-order valence-electron chi connectivity index (χ4n) is 8.42. The molecule has 0 unspecified atom stereocenters. The summed E-state index contributed by atoms with van der Waals surface area (Å²) in [5.41, 5.74) is 8.64. The van der Waals surface area contributed by atoms with Crippen LogP contribution < -0.4 is 0 Å². The Morgan fingerprint density at radius 1 is 0.491 bits per heavy atom. The predicted octanol–water partition coefficient (Wildman–Crippen LogP) is 13.5. The van der Waals surface area contributed by atoms with Gasteiger partial charge in [0.2, 0.25) is 5.69 Å². The topological polar surface area (TPSA) is 38.0 Å². The summed E-state index contributed by atoms with van der Waals surface area (Å²) in [6, 6.07) is 57.6. The number of aromatic nitrogens is 2. The third kappa shape index (κ3) is 4.20. The highest BCUT2D eigenvalue weighted by molar-refractivity contribution is 7.25. The van der Waals surface area contributed by atoms with Crippen LogP contribution in [0, 0.1) is 17.9 Å². The maximum absolute atomic E-state index is 10.9. The van der Waals surface area contributed by atoms with E-state index in [1.54, 1.807) is 11.3 Å². The molecule has 11 aromatic rings. The average Bonchev–Trinajstić information content (AvgIpc) is 3.86. The van der Waals surface area contributed by atoms with Gasteiger partial charge >= 0.3 is 0 Å². The van der Waals surface area contributed by atoms with Crippen molar-refractivity contribution in [2.75, 3.05) is 0 Å². The van der Waals surface area contributed by atoms with Gasteiger partial charge in [0, 0.05) is 41.7 Å². The van der Waals surface area contributed by atoms with Crippen molar-refractivity contribution in [2.45, 2.75) is 0 Å². The zero-order chi connectivity index (χ0) is 35.2. The van der Waals surface area contributed by atoms with Crippen LogP contribution in [0.25, 0.3) is 102 Å². The number of nitrogens with zero attached hydrogens (tertiary/aromatic N) is 4. The molecule has 0 amide bonds. The monoisotopic (exact) mass is 690 g/mol. The lowest BCUT2D eigenvalue weighted by Crippen LogP contribution is -2.01. The lowest BCUT2D eigenvalue weighted by molar-refractivity contribution is 1.14. The predicted molar refractivity (Wildman–Crippen MR) is 222 cm³/mol. The summed E-state index contributed by atoms with van der Waals surface area (Å²) in [5, 5.41) is 20.2. The molecule has 8 aromatic carbocycles. The third-order valence-electron chi connectivity index (χ3n) is 10.7. The number of benzene rings is 8. The lowest BCUT2D eigenvalue weighted by Gasteiger charge is -2.16. The minimum absolute atomic E-state index is 0.481. The van der Waals surface area contributed by atoms with E-state index in [1.807, 2.05) is 24.3 Å². The second kappa shape index (κ2) is 11.2.